The first kappa shape index (κ1) is 14.8. The van der Waals surface area contributed by atoms with Crippen molar-refractivity contribution < 1.29 is 9.63 Å². The maximum atomic E-state index is 10.1. The molecule has 1 aromatic heterocycles. The summed E-state index contributed by atoms with van der Waals surface area (Å²) in [5.41, 5.74) is 2.97. The third-order valence-corrected chi connectivity index (χ3v) is 5.15. The fourth-order valence-electron chi connectivity index (χ4n) is 4.05. The van der Waals surface area contributed by atoms with E-state index in [1.807, 2.05) is 6.92 Å². The summed E-state index contributed by atoms with van der Waals surface area (Å²) in [4.78, 5) is 6.71. The van der Waals surface area contributed by atoms with Crippen molar-refractivity contribution in [1.29, 1.82) is 0 Å². The maximum absolute atomic E-state index is 10.1. The highest BCUT2D eigenvalue weighted by Crippen LogP contribution is 2.34. The quantitative estimate of drug-likeness (QED) is 0.942. The number of aryl methyl sites for hydroxylation is 2. The molecule has 0 unspecified atom stereocenters. The van der Waals surface area contributed by atoms with Gasteiger partial charge in [-0.2, -0.15) is 4.98 Å². The van der Waals surface area contributed by atoms with Crippen LogP contribution in [0.15, 0.2) is 28.8 Å². The molecule has 2 aromatic rings. The minimum atomic E-state index is -0.303. The molecule has 0 spiro atoms. The highest BCUT2D eigenvalue weighted by molar-refractivity contribution is 5.29. The molecule has 1 aliphatic carbocycles. The fourth-order valence-corrected chi connectivity index (χ4v) is 4.05. The summed E-state index contributed by atoms with van der Waals surface area (Å²) < 4.78 is 5.36. The molecule has 0 saturated carbocycles. The van der Waals surface area contributed by atoms with E-state index in [2.05, 4.69) is 39.3 Å². The Labute approximate surface area is 136 Å². The van der Waals surface area contributed by atoms with Crippen LogP contribution in [0, 0.1) is 12.8 Å². The molecule has 2 heterocycles. The third-order valence-electron chi connectivity index (χ3n) is 5.15. The first-order valence-corrected chi connectivity index (χ1v) is 8.48. The molecule has 1 aromatic carbocycles. The van der Waals surface area contributed by atoms with E-state index in [1.54, 1.807) is 0 Å². The van der Waals surface area contributed by atoms with Crippen LogP contribution >= 0.6 is 0 Å². The molecule has 5 nitrogen and oxygen atoms in total. The van der Waals surface area contributed by atoms with E-state index in [4.69, 9.17) is 4.52 Å². The predicted molar refractivity (Wildman–Crippen MR) is 85.9 cm³/mol. The summed E-state index contributed by atoms with van der Waals surface area (Å²) >= 11 is 0. The molecule has 1 fully saturated rings. The van der Waals surface area contributed by atoms with Crippen molar-refractivity contribution in [2.24, 2.45) is 5.92 Å². The van der Waals surface area contributed by atoms with Crippen LogP contribution in [0.4, 0.5) is 0 Å². The monoisotopic (exact) mass is 313 g/mol. The largest absolute Gasteiger partial charge is 0.392 e. The summed E-state index contributed by atoms with van der Waals surface area (Å²) in [7, 11) is 0. The predicted octanol–water partition coefficient (Wildman–Crippen LogP) is 2.29. The molecular formula is C18H23N3O2. The zero-order chi connectivity index (χ0) is 15.8. The van der Waals surface area contributed by atoms with Gasteiger partial charge in [0.25, 0.3) is 0 Å². The lowest BCUT2D eigenvalue weighted by molar-refractivity contribution is 0.154. The molecule has 122 valence electrons. The zero-order valence-corrected chi connectivity index (χ0v) is 13.5. The number of fused-ring (bicyclic) bond motifs is 1. The highest BCUT2D eigenvalue weighted by atomic mass is 16.5. The van der Waals surface area contributed by atoms with Gasteiger partial charge < -0.3 is 9.63 Å². The van der Waals surface area contributed by atoms with Crippen molar-refractivity contribution in [3.05, 3.63) is 47.1 Å². The summed E-state index contributed by atoms with van der Waals surface area (Å²) in [6.45, 7) is 3.52. The van der Waals surface area contributed by atoms with E-state index in [-0.39, 0.29) is 12.1 Å². The van der Waals surface area contributed by atoms with Gasteiger partial charge in [0, 0.05) is 13.1 Å². The average Bonchev–Trinajstić information content (AvgIpc) is 3.13. The van der Waals surface area contributed by atoms with Crippen LogP contribution in [0.2, 0.25) is 0 Å². The van der Waals surface area contributed by atoms with Gasteiger partial charge in [-0.05, 0) is 49.7 Å². The second kappa shape index (κ2) is 6.06. The molecule has 3 atom stereocenters. The molecule has 4 rings (SSSR count). The fraction of sp³-hybridized carbons (Fsp3) is 0.556. The van der Waals surface area contributed by atoms with Crippen LogP contribution in [0.1, 0.15) is 41.7 Å². The SMILES string of the molecule is Cc1noc([C@H]2C[C@@H](O)CN2C[C@H]2CCc3ccccc3C2)n1. The zero-order valence-electron chi connectivity index (χ0n) is 13.5. The number of hydrogen-bond donors (Lipinski definition) is 1. The molecule has 5 heteroatoms. The Morgan fingerprint density at radius 3 is 2.91 bits per heavy atom. The van der Waals surface area contributed by atoms with E-state index in [1.165, 1.54) is 17.5 Å². The Kier molecular flexibility index (Phi) is 3.91. The number of likely N-dealkylation sites (tertiary alicyclic amines) is 1. The van der Waals surface area contributed by atoms with Crippen LogP contribution in [-0.2, 0) is 12.8 Å². The second-order valence-corrected chi connectivity index (χ2v) is 6.92. The van der Waals surface area contributed by atoms with E-state index in [9.17, 15) is 5.11 Å². The number of β-amino-alcohol motifs (C(OH)–C–C–N with tert-alkyl or cyclic N) is 1. The van der Waals surface area contributed by atoms with Gasteiger partial charge in [-0.15, -0.1) is 0 Å². The first-order valence-electron chi connectivity index (χ1n) is 8.48. The van der Waals surface area contributed by atoms with Gasteiger partial charge >= 0.3 is 0 Å². The molecule has 1 saturated heterocycles. The Morgan fingerprint density at radius 1 is 1.30 bits per heavy atom. The minimum absolute atomic E-state index is 0.0587. The molecule has 0 bridgehead atoms. The topological polar surface area (TPSA) is 62.4 Å². The third kappa shape index (κ3) is 3.03. The summed E-state index contributed by atoms with van der Waals surface area (Å²) in [5, 5.41) is 14.0. The van der Waals surface area contributed by atoms with E-state index < -0.39 is 0 Å². The van der Waals surface area contributed by atoms with Crippen LogP contribution < -0.4 is 0 Å². The van der Waals surface area contributed by atoms with Crippen molar-refractivity contribution in [1.82, 2.24) is 15.0 Å². The van der Waals surface area contributed by atoms with Crippen LogP contribution in [0.25, 0.3) is 0 Å². The Hall–Kier alpha value is -1.72. The number of nitrogens with zero attached hydrogens (tertiary/aromatic N) is 3. The lowest BCUT2D eigenvalue weighted by atomic mass is 9.83. The molecule has 2 aliphatic rings. The lowest BCUT2D eigenvalue weighted by Gasteiger charge is -2.30. The molecule has 1 aliphatic heterocycles. The maximum Gasteiger partial charge on any atom is 0.244 e. The van der Waals surface area contributed by atoms with Gasteiger partial charge in [0.2, 0.25) is 5.89 Å². The molecule has 0 radical (unpaired) electrons. The Balaban J connectivity index is 1.47. The second-order valence-electron chi connectivity index (χ2n) is 6.92. The number of rotatable bonds is 3. The molecule has 23 heavy (non-hydrogen) atoms. The van der Waals surface area contributed by atoms with Gasteiger partial charge in [-0.3, -0.25) is 4.90 Å². The van der Waals surface area contributed by atoms with Gasteiger partial charge in [0.1, 0.15) is 0 Å². The Bertz CT molecular complexity index is 684. The number of aromatic nitrogens is 2. The number of hydrogen-bond acceptors (Lipinski definition) is 5. The smallest absolute Gasteiger partial charge is 0.244 e. The molecule has 0 amide bonds. The normalized spacial score (nSPS) is 28.0. The van der Waals surface area contributed by atoms with Gasteiger partial charge in [-0.25, -0.2) is 0 Å². The summed E-state index contributed by atoms with van der Waals surface area (Å²) in [6, 6.07) is 8.81. The van der Waals surface area contributed by atoms with E-state index >= 15 is 0 Å². The van der Waals surface area contributed by atoms with Crippen LogP contribution in [-0.4, -0.2) is 39.3 Å². The lowest BCUT2D eigenvalue weighted by Crippen LogP contribution is -2.33. The summed E-state index contributed by atoms with van der Waals surface area (Å²) in [5.74, 6) is 1.94. The van der Waals surface area contributed by atoms with Crippen molar-refractivity contribution >= 4 is 0 Å². The number of benzene rings is 1. The van der Waals surface area contributed by atoms with E-state index in [0.29, 0.717) is 30.6 Å². The van der Waals surface area contributed by atoms with Crippen LogP contribution in [0.5, 0.6) is 0 Å². The first-order chi connectivity index (χ1) is 11.2. The minimum Gasteiger partial charge on any atom is -0.392 e. The number of aliphatic hydroxyl groups is 1. The van der Waals surface area contributed by atoms with Crippen molar-refractivity contribution in [3.63, 3.8) is 0 Å². The number of aliphatic hydroxyl groups excluding tert-OH is 1. The van der Waals surface area contributed by atoms with Crippen LogP contribution in [0.3, 0.4) is 0 Å². The molecular weight excluding hydrogens is 290 g/mol. The summed E-state index contributed by atoms with van der Waals surface area (Å²) in [6.07, 6.45) is 3.87. The Morgan fingerprint density at radius 2 is 2.13 bits per heavy atom. The van der Waals surface area contributed by atoms with Gasteiger partial charge in [0.05, 0.1) is 12.1 Å². The highest BCUT2D eigenvalue weighted by Gasteiger charge is 2.37. The molecule has 1 N–H and O–H groups in total. The van der Waals surface area contributed by atoms with Gasteiger partial charge in [0.15, 0.2) is 5.82 Å². The average molecular weight is 313 g/mol. The van der Waals surface area contributed by atoms with Crippen molar-refractivity contribution in [2.45, 2.75) is 44.8 Å². The van der Waals surface area contributed by atoms with Crippen molar-refractivity contribution in [3.8, 4) is 0 Å². The van der Waals surface area contributed by atoms with Crippen molar-refractivity contribution in [2.75, 3.05) is 13.1 Å². The standard InChI is InChI=1S/C18H23N3O2/c1-12-19-18(23-20-12)17-9-16(22)11-21(17)10-13-6-7-14-4-2-3-5-15(14)8-13/h2-5,13,16-17,22H,6-11H2,1H3/t13-,16+,17+/m0/s1. The van der Waals surface area contributed by atoms with E-state index in [0.717, 1.165) is 19.4 Å². The van der Waals surface area contributed by atoms with Gasteiger partial charge in [-0.1, -0.05) is 29.4 Å².